The Balaban J connectivity index is 2.10. The highest BCUT2D eigenvalue weighted by Gasteiger charge is 2.16. The Morgan fingerprint density at radius 1 is 1.05 bits per heavy atom. The molecule has 0 bridgehead atoms. The molecule has 0 unspecified atom stereocenters. The van der Waals surface area contributed by atoms with Crippen molar-refractivity contribution in [3.8, 4) is 11.1 Å². The summed E-state index contributed by atoms with van der Waals surface area (Å²) in [6, 6.07) is 10.1. The van der Waals surface area contributed by atoms with E-state index in [9.17, 15) is 8.42 Å². The molecule has 2 aromatic heterocycles. The third-order valence-electron chi connectivity index (χ3n) is 2.82. The van der Waals surface area contributed by atoms with Crippen molar-refractivity contribution in [2.45, 2.75) is 4.90 Å². The van der Waals surface area contributed by atoms with Gasteiger partial charge in [-0.2, -0.15) is 5.10 Å². The summed E-state index contributed by atoms with van der Waals surface area (Å²) in [4.78, 5) is 0.252. The summed E-state index contributed by atoms with van der Waals surface area (Å²) < 4.78 is 25.9. The lowest BCUT2D eigenvalue weighted by Gasteiger charge is -2.06. The van der Waals surface area contributed by atoms with Crippen LogP contribution in [0.25, 0.3) is 11.1 Å². The fourth-order valence-electron chi connectivity index (χ4n) is 1.85. The molecule has 0 saturated heterocycles. The van der Waals surface area contributed by atoms with Gasteiger partial charge in [-0.25, -0.2) is 12.4 Å². The van der Waals surface area contributed by atoms with Gasteiger partial charge in [0.25, 0.3) is 10.0 Å². The second-order valence-electron chi connectivity index (χ2n) is 4.03. The molecule has 1 aromatic carbocycles. The number of hydrogen-bond acceptors (Lipinski definition) is 3. The lowest BCUT2D eigenvalue weighted by atomic mass is 10.1. The van der Waals surface area contributed by atoms with Crippen LogP contribution in [0.5, 0.6) is 0 Å². The van der Waals surface area contributed by atoms with E-state index in [2.05, 4.69) is 10.2 Å². The summed E-state index contributed by atoms with van der Waals surface area (Å²) >= 11 is 0. The molecule has 3 rings (SSSR count). The Kier molecular flexibility index (Phi) is 2.72. The van der Waals surface area contributed by atoms with Crippen LogP contribution in [0.2, 0.25) is 0 Å². The predicted molar refractivity (Wildman–Crippen MR) is 71.0 cm³/mol. The van der Waals surface area contributed by atoms with Crippen LogP contribution in [0.15, 0.2) is 66.1 Å². The normalized spacial score (nSPS) is 11.6. The average molecular weight is 273 g/mol. The Labute approximate surface area is 110 Å². The molecule has 0 spiro atoms. The number of hydrogen-bond donors (Lipinski definition) is 1. The lowest BCUT2D eigenvalue weighted by Crippen LogP contribution is -2.10. The van der Waals surface area contributed by atoms with E-state index in [0.29, 0.717) is 0 Å². The maximum Gasteiger partial charge on any atom is 0.267 e. The first kappa shape index (κ1) is 11.7. The van der Waals surface area contributed by atoms with E-state index < -0.39 is 10.0 Å². The summed E-state index contributed by atoms with van der Waals surface area (Å²) in [6.07, 6.45) is 6.41. The predicted octanol–water partition coefficient (Wildman–Crippen LogP) is 2.12. The fraction of sp³-hybridized carbons (Fsp3) is 0. The molecule has 5 nitrogen and oxygen atoms in total. The van der Waals surface area contributed by atoms with Gasteiger partial charge in [-0.1, -0.05) is 12.1 Å². The first-order chi connectivity index (χ1) is 9.18. The summed E-state index contributed by atoms with van der Waals surface area (Å²) in [5.41, 5.74) is 1.66. The van der Waals surface area contributed by atoms with Gasteiger partial charge in [0.15, 0.2) is 0 Å². The van der Waals surface area contributed by atoms with Crippen molar-refractivity contribution in [2.75, 3.05) is 0 Å². The van der Waals surface area contributed by atoms with E-state index in [1.165, 1.54) is 16.4 Å². The number of benzene rings is 1. The highest BCUT2D eigenvalue weighted by molar-refractivity contribution is 7.90. The monoisotopic (exact) mass is 273 g/mol. The Morgan fingerprint density at radius 3 is 2.53 bits per heavy atom. The number of nitrogens with zero attached hydrogens (tertiary/aromatic N) is 2. The van der Waals surface area contributed by atoms with Gasteiger partial charge in [-0.15, -0.1) is 0 Å². The Morgan fingerprint density at radius 2 is 1.84 bits per heavy atom. The van der Waals surface area contributed by atoms with E-state index in [1.807, 2.05) is 6.07 Å². The molecule has 6 heteroatoms. The number of H-pyrrole nitrogens is 1. The molecule has 3 aromatic rings. The van der Waals surface area contributed by atoms with Gasteiger partial charge in [-0.3, -0.25) is 5.10 Å². The molecule has 0 atom stereocenters. The first-order valence-corrected chi connectivity index (χ1v) is 7.10. The third kappa shape index (κ3) is 2.06. The molecule has 0 aliphatic rings. The minimum Gasteiger partial charge on any atom is -0.285 e. The SMILES string of the molecule is O=S(=O)(c1cccc(-c2cn[nH]c2)c1)n1cccc1. The molecule has 0 aliphatic heterocycles. The Bertz CT molecular complexity index is 775. The molecule has 0 aliphatic carbocycles. The fourth-order valence-corrected chi connectivity index (χ4v) is 3.08. The molecule has 19 heavy (non-hydrogen) atoms. The van der Waals surface area contributed by atoms with Crippen LogP contribution in [0, 0.1) is 0 Å². The molecule has 0 radical (unpaired) electrons. The second-order valence-corrected chi connectivity index (χ2v) is 5.88. The molecule has 1 N–H and O–H groups in total. The molecule has 0 amide bonds. The van der Waals surface area contributed by atoms with Gasteiger partial charge in [0.05, 0.1) is 11.1 Å². The second kappa shape index (κ2) is 4.40. The molecular weight excluding hydrogens is 262 g/mol. The van der Waals surface area contributed by atoms with Gasteiger partial charge in [0.2, 0.25) is 0 Å². The minimum atomic E-state index is -3.52. The van der Waals surface area contributed by atoms with Crippen LogP contribution in [-0.2, 0) is 10.0 Å². The summed E-state index contributed by atoms with van der Waals surface area (Å²) in [7, 11) is -3.52. The van der Waals surface area contributed by atoms with Crippen LogP contribution in [0.1, 0.15) is 0 Å². The van der Waals surface area contributed by atoms with E-state index >= 15 is 0 Å². The topological polar surface area (TPSA) is 67.8 Å². The number of nitrogens with one attached hydrogen (secondary N) is 1. The van der Waals surface area contributed by atoms with Gasteiger partial charge in [0.1, 0.15) is 0 Å². The smallest absolute Gasteiger partial charge is 0.267 e. The van der Waals surface area contributed by atoms with Crippen LogP contribution in [0.3, 0.4) is 0 Å². The van der Waals surface area contributed by atoms with Crippen molar-refractivity contribution in [3.63, 3.8) is 0 Å². The van der Waals surface area contributed by atoms with E-state index in [4.69, 9.17) is 0 Å². The zero-order chi connectivity index (χ0) is 13.3. The summed E-state index contributed by atoms with van der Waals surface area (Å²) in [5.74, 6) is 0. The molecule has 2 heterocycles. The van der Waals surface area contributed by atoms with E-state index in [0.717, 1.165) is 11.1 Å². The average Bonchev–Trinajstić information content (AvgIpc) is 3.12. The van der Waals surface area contributed by atoms with Crippen LogP contribution >= 0.6 is 0 Å². The van der Waals surface area contributed by atoms with E-state index in [-0.39, 0.29) is 4.90 Å². The van der Waals surface area contributed by atoms with Gasteiger partial charge >= 0.3 is 0 Å². The quantitative estimate of drug-likeness (QED) is 0.794. The van der Waals surface area contributed by atoms with Gasteiger partial charge in [-0.05, 0) is 29.8 Å². The number of aromatic amines is 1. The van der Waals surface area contributed by atoms with Crippen molar-refractivity contribution in [3.05, 3.63) is 61.2 Å². The van der Waals surface area contributed by atoms with Gasteiger partial charge in [0, 0.05) is 24.2 Å². The number of aromatic nitrogens is 3. The van der Waals surface area contributed by atoms with Crippen LogP contribution in [0.4, 0.5) is 0 Å². The van der Waals surface area contributed by atoms with E-state index in [1.54, 1.807) is 42.7 Å². The molecular formula is C13H11N3O2S. The highest BCUT2D eigenvalue weighted by atomic mass is 32.2. The van der Waals surface area contributed by atoms with Crippen molar-refractivity contribution < 1.29 is 8.42 Å². The molecule has 0 saturated carbocycles. The summed E-state index contributed by atoms with van der Waals surface area (Å²) in [6.45, 7) is 0. The maximum absolute atomic E-state index is 12.4. The Hall–Kier alpha value is -2.34. The maximum atomic E-state index is 12.4. The summed E-state index contributed by atoms with van der Waals surface area (Å²) in [5, 5.41) is 6.57. The minimum absolute atomic E-state index is 0.252. The zero-order valence-electron chi connectivity index (χ0n) is 9.89. The van der Waals surface area contributed by atoms with Crippen LogP contribution in [-0.4, -0.2) is 22.6 Å². The largest absolute Gasteiger partial charge is 0.285 e. The van der Waals surface area contributed by atoms with Crippen molar-refractivity contribution >= 4 is 10.0 Å². The number of rotatable bonds is 3. The highest BCUT2D eigenvalue weighted by Crippen LogP contribution is 2.22. The lowest BCUT2D eigenvalue weighted by molar-refractivity contribution is 0.587. The van der Waals surface area contributed by atoms with Gasteiger partial charge < -0.3 is 0 Å². The molecule has 96 valence electrons. The zero-order valence-corrected chi connectivity index (χ0v) is 10.7. The van der Waals surface area contributed by atoms with Crippen molar-refractivity contribution in [1.82, 2.24) is 14.2 Å². The van der Waals surface area contributed by atoms with Crippen LogP contribution < -0.4 is 0 Å². The third-order valence-corrected chi connectivity index (χ3v) is 4.47. The van der Waals surface area contributed by atoms with Crippen molar-refractivity contribution in [2.24, 2.45) is 0 Å². The molecule has 0 fully saturated rings. The van der Waals surface area contributed by atoms with Crippen molar-refractivity contribution in [1.29, 1.82) is 0 Å². The standard InChI is InChI=1S/C13H11N3O2S/c17-19(18,16-6-1-2-7-16)13-5-3-4-11(8-13)12-9-14-15-10-12/h1-10H,(H,14,15). The first-order valence-electron chi connectivity index (χ1n) is 5.66.